The maximum Gasteiger partial charge on any atom is 0.338 e. The van der Waals surface area contributed by atoms with Crippen molar-refractivity contribution in [3.05, 3.63) is 95.1 Å². The molecule has 1 aliphatic rings. The molecule has 4 N–H and O–H groups in total. The van der Waals surface area contributed by atoms with Crippen molar-refractivity contribution < 1.29 is 24.2 Å². The molecule has 1 unspecified atom stereocenters. The molecule has 0 bridgehead atoms. The number of carbonyl (C=O) groups is 3. The summed E-state index contributed by atoms with van der Waals surface area (Å²) >= 11 is 0. The van der Waals surface area contributed by atoms with Crippen LogP contribution in [-0.4, -0.2) is 46.4 Å². The van der Waals surface area contributed by atoms with Gasteiger partial charge >= 0.3 is 12.0 Å². The molecule has 37 heavy (non-hydrogen) atoms. The Morgan fingerprint density at radius 1 is 1.00 bits per heavy atom. The number of hydrogen-bond acceptors (Lipinski definition) is 6. The van der Waals surface area contributed by atoms with Gasteiger partial charge in [0.25, 0.3) is 5.91 Å². The van der Waals surface area contributed by atoms with Gasteiger partial charge in [0.05, 0.1) is 29.1 Å². The summed E-state index contributed by atoms with van der Waals surface area (Å²) in [5.74, 6) is -0.857. The fourth-order valence-electron chi connectivity index (χ4n) is 4.30. The number of nitrogens with zero attached hydrogens (tertiary/aromatic N) is 1. The number of amides is 3. The standard InChI is InChI=1S/C28H24N4O5/c1-2-37-27(35)18-10-13-20-21(15-18)30-26(34)23(20)24(17-6-4-3-5-7-17)29-19-11-8-16(9-12-19)14-22-25(33)32-28(36)31-22/h3-13,15,22,30,34H,2,14H2,1H3,(H2,31,32,33,36). The molecule has 2 heterocycles. The second kappa shape index (κ2) is 9.98. The number of benzene rings is 3. The third-order valence-corrected chi connectivity index (χ3v) is 6.05. The minimum absolute atomic E-state index is 0.0711. The van der Waals surface area contributed by atoms with Crippen LogP contribution in [0.1, 0.15) is 34.0 Å². The average molecular weight is 497 g/mol. The Morgan fingerprint density at radius 3 is 2.43 bits per heavy atom. The zero-order valence-corrected chi connectivity index (χ0v) is 19.9. The minimum atomic E-state index is -0.607. The molecule has 1 aliphatic heterocycles. The summed E-state index contributed by atoms with van der Waals surface area (Å²) in [6.07, 6.45) is 0.360. The Bertz CT molecular complexity index is 1520. The summed E-state index contributed by atoms with van der Waals surface area (Å²) < 4.78 is 5.09. The van der Waals surface area contributed by atoms with Gasteiger partial charge in [-0.15, -0.1) is 0 Å². The lowest BCUT2D eigenvalue weighted by atomic mass is 10.00. The number of aromatic amines is 1. The number of nitrogens with one attached hydrogen (secondary N) is 3. The van der Waals surface area contributed by atoms with E-state index in [-0.39, 0.29) is 18.4 Å². The molecule has 0 radical (unpaired) electrons. The highest BCUT2D eigenvalue weighted by Crippen LogP contribution is 2.32. The molecule has 0 saturated carbocycles. The van der Waals surface area contributed by atoms with Crippen molar-refractivity contribution in [3.8, 4) is 5.88 Å². The summed E-state index contributed by atoms with van der Waals surface area (Å²) in [5.41, 5.74) is 4.30. The Kier molecular flexibility index (Phi) is 6.42. The first-order valence-corrected chi connectivity index (χ1v) is 11.8. The molecule has 9 heteroatoms. The molecule has 1 atom stereocenters. The molecule has 1 fully saturated rings. The summed E-state index contributed by atoms with van der Waals surface area (Å²) in [7, 11) is 0. The third kappa shape index (κ3) is 4.92. The number of fused-ring (bicyclic) bond motifs is 1. The second-order valence-electron chi connectivity index (χ2n) is 8.54. The molecule has 1 saturated heterocycles. The number of carbonyl (C=O) groups excluding carboxylic acids is 3. The van der Waals surface area contributed by atoms with E-state index in [1.54, 1.807) is 25.1 Å². The number of rotatable bonds is 7. The largest absolute Gasteiger partial charge is 0.494 e. The van der Waals surface area contributed by atoms with Crippen LogP contribution in [0.15, 0.2) is 77.8 Å². The number of aliphatic imine (C=N–C) groups is 1. The van der Waals surface area contributed by atoms with Gasteiger partial charge in [0.2, 0.25) is 0 Å². The van der Waals surface area contributed by atoms with Crippen molar-refractivity contribution in [2.75, 3.05) is 6.61 Å². The Labute approximate surface area is 212 Å². The van der Waals surface area contributed by atoms with Gasteiger partial charge in [-0.2, -0.15) is 0 Å². The van der Waals surface area contributed by atoms with Gasteiger partial charge in [0, 0.05) is 22.9 Å². The van der Waals surface area contributed by atoms with Crippen molar-refractivity contribution in [1.82, 2.24) is 15.6 Å². The molecular formula is C28H24N4O5. The lowest BCUT2D eigenvalue weighted by molar-refractivity contribution is -0.120. The molecule has 0 spiro atoms. The van der Waals surface area contributed by atoms with Gasteiger partial charge in [0.1, 0.15) is 6.04 Å². The number of H-pyrrole nitrogens is 1. The van der Waals surface area contributed by atoms with Crippen LogP contribution in [0, 0.1) is 0 Å². The Balaban J connectivity index is 1.52. The van der Waals surface area contributed by atoms with Crippen molar-refractivity contribution in [2.24, 2.45) is 4.99 Å². The fourth-order valence-corrected chi connectivity index (χ4v) is 4.30. The molecule has 1 aromatic heterocycles. The van der Waals surface area contributed by atoms with E-state index in [9.17, 15) is 19.5 Å². The number of urea groups is 1. The number of aromatic nitrogens is 1. The van der Waals surface area contributed by atoms with E-state index >= 15 is 0 Å². The lowest BCUT2D eigenvalue weighted by Gasteiger charge is -2.09. The normalized spacial score (nSPS) is 15.5. The summed E-state index contributed by atoms with van der Waals surface area (Å²) in [6, 6.07) is 20.8. The van der Waals surface area contributed by atoms with E-state index in [2.05, 4.69) is 15.6 Å². The zero-order chi connectivity index (χ0) is 25.9. The SMILES string of the molecule is CCOC(=O)c1ccc2c(C(=Nc3ccc(CC4NC(=O)NC4=O)cc3)c3ccccc3)c(O)[nH]c2c1. The quantitative estimate of drug-likeness (QED) is 0.175. The van der Waals surface area contributed by atoms with E-state index < -0.39 is 18.0 Å². The maximum atomic E-state index is 12.2. The maximum absolute atomic E-state index is 12.2. The Morgan fingerprint density at radius 2 is 1.76 bits per heavy atom. The van der Waals surface area contributed by atoms with Gasteiger partial charge in [-0.1, -0.05) is 48.5 Å². The molecule has 3 amide bonds. The predicted molar refractivity (Wildman–Crippen MR) is 138 cm³/mol. The summed E-state index contributed by atoms with van der Waals surface area (Å²) in [4.78, 5) is 43.2. The minimum Gasteiger partial charge on any atom is -0.494 e. The van der Waals surface area contributed by atoms with Gasteiger partial charge in [-0.25, -0.2) is 14.6 Å². The molecule has 186 valence electrons. The number of aromatic hydroxyl groups is 1. The highest BCUT2D eigenvalue weighted by atomic mass is 16.5. The van der Waals surface area contributed by atoms with E-state index in [0.717, 1.165) is 11.1 Å². The van der Waals surface area contributed by atoms with E-state index in [0.29, 0.717) is 39.8 Å². The molecule has 5 rings (SSSR count). The summed E-state index contributed by atoms with van der Waals surface area (Å²) in [6.45, 7) is 2.01. The molecule has 9 nitrogen and oxygen atoms in total. The van der Waals surface area contributed by atoms with Crippen LogP contribution in [0.2, 0.25) is 0 Å². The smallest absolute Gasteiger partial charge is 0.338 e. The van der Waals surface area contributed by atoms with Gasteiger partial charge < -0.3 is 20.1 Å². The Hall–Kier alpha value is -4.92. The fraction of sp³-hybridized carbons (Fsp3) is 0.143. The third-order valence-electron chi connectivity index (χ3n) is 6.05. The predicted octanol–water partition coefficient (Wildman–Crippen LogP) is 3.97. The van der Waals surface area contributed by atoms with E-state index in [4.69, 9.17) is 9.73 Å². The van der Waals surface area contributed by atoms with Crippen LogP contribution < -0.4 is 10.6 Å². The van der Waals surface area contributed by atoms with Crippen LogP contribution in [0.3, 0.4) is 0 Å². The average Bonchev–Trinajstić information content (AvgIpc) is 3.40. The van der Waals surface area contributed by atoms with Crippen LogP contribution in [0.25, 0.3) is 10.9 Å². The zero-order valence-electron chi connectivity index (χ0n) is 19.9. The number of ether oxygens (including phenoxy) is 1. The number of imide groups is 1. The second-order valence-corrected chi connectivity index (χ2v) is 8.54. The van der Waals surface area contributed by atoms with E-state index in [1.165, 1.54) is 0 Å². The van der Waals surface area contributed by atoms with Crippen LogP contribution in [-0.2, 0) is 16.0 Å². The molecule has 4 aromatic rings. The highest BCUT2D eigenvalue weighted by Gasteiger charge is 2.29. The van der Waals surface area contributed by atoms with E-state index in [1.807, 2.05) is 54.6 Å². The van der Waals surface area contributed by atoms with Crippen molar-refractivity contribution in [1.29, 1.82) is 0 Å². The number of esters is 1. The first-order valence-electron chi connectivity index (χ1n) is 11.8. The lowest BCUT2D eigenvalue weighted by Crippen LogP contribution is -2.30. The molecular weight excluding hydrogens is 472 g/mol. The van der Waals surface area contributed by atoms with Gasteiger partial charge in [-0.3, -0.25) is 10.1 Å². The van der Waals surface area contributed by atoms with Crippen molar-refractivity contribution in [2.45, 2.75) is 19.4 Å². The van der Waals surface area contributed by atoms with Crippen LogP contribution in [0.4, 0.5) is 10.5 Å². The number of hydrogen-bond donors (Lipinski definition) is 4. The van der Waals surface area contributed by atoms with Gasteiger partial charge in [0.15, 0.2) is 5.88 Å². The molecule has 3 aromatic carbocycles. The summed E-state index contributed by atoms with van der Waals surface area (Å²) in [5, 5.41) is 16.4. The van der Waals surface area contributed by atoms with Gasteiger partial charge in [-0.05, 0) is 36.8 Å². The molecule has 0 aliphatic carbocycles. The topological polar surface area (TPSA) is 133 Å². The first kappa shape index (κ1) is 23.8. The van der Waals surface area contributed by atoms with Crippen LogP contribution in [0.5, 0.6) is 5.88 Å². The van der Waals surface area contributed by atoms with Crippen molar-refractivity contribution >= 4 is 40.2 Å². The monoisotopic (exact) mass is 496 g/mol. The highest BCUT2D eigenvalue weighted by molar-refractivity contribution is 6.22. The van der Waals surface area contributed by atoms with Crippen molar-refractivity contribution in [3.63, 3.8) is 0 Å². The van der Waals surface area contributed by atoms with Crippen LogP contribution >= 0.6 is 0 Å². The first-order chi connectivity index (χ1) is 17.9.